The molecule has 0 bridgehead atoms. The number of rotatable bonds is 1. The highest BCUT2D eigenvalue weighted by Crippen LogP contribution is 2.38. The van der Waals surface area contributed by atoms with Crippen molar-refractivity contribution < 1.29 is 10.2 Å². The number of aliphatic hydroxyl groups is 2. The van der Waals surface area contributed by atoms with Crippen LogP contribution in [0.2, 0.25) is 0 Å². The van der Waals surface area contributed by atoms with E-state index in [0.717, 1.165) is 12.0 Å². The van der Waals surface area contributed by atoms with Crippen LogP contribution in [-0.2, 0) is 5.60 Å². The molecule has 0 spiro atoms. The SMILES string of the molecule is O[C@H]1CCC[C@]1(O)c1ccccc1. The maximum absolute atomic E-state index is 10.2. The lowest BCUT2D eigenvalue weighted by Gasteiger charge is -2.26. The van der Waals surface area contributed by atoms with Gasteiger partial charge in [0.15, 0.2) is 0 Å². The summed E-state index contributed by atoms with van der Waals surface area (Å²) in [4.78, 5) is 0. The maximum Gasteiger partial charge on any atom is 0.115 e. The van der Waals surface area contributed by atoms with E-state index in [1.165, 1.54) is 0 Å². The number of aliphatic hydroxyl groups excluding tert-OH is 1. The van der Waals surface area contributed by atoms with Gasteiger partial charge in [0.25, 0.3) is 0 Å². The fraction of sp³-hybridized carbons (Fsp3) is 0.455. The Hall–Kier alpha value is -0.860. The van der Waals surface area contributed by atoms with Gasteiger partial charge in [0.2, 0.25) is 0 Å². The average molecular weight is 178 g/mol. The molecule has 1 saturated carbocycles. The molecule has 1 aliphatic rings. The van der Waals surface area contributed by atoms with Gasteiger partial charge in [-0.25, -0.2) is 0 Å². The van der Waals surface area contributed by atoms with Crippen LogP contribution < -0.4 is 0 Å². The Morgan fingerprint density at radius 1 is 1.23 bits per heavy atom. The van der Waals surface area contributed by atoms with Gasteiger partial charge in [-0.2, -0.15) is 0 Å². The minimum atomic E-state index is -0.999. The monoisotopic (exact) mass is 178 g/mol. The molecule has 2 rings (SSSR count). The van der Waals surface area contributed by atoms with Gasteiger partial charge in [-0.1, -0.05) is 30.3 Å². The molecule has 2 heteroatoms. The summed E-state index contributed by atoms with van der Waals surface area (Å²) in [5.41, 5.74) is -0.165. The van der Waals surface area contributed by atoms with Crippen LogP contribution >= 0.6 is 0 Å². The second-order valence-electron chi connectivity index (χ2n) is 3.70. The Labute approximate surface area is 77.8 Å². The smallest absolute Gasteiger partial charge is 0.115 e. The highest BCUT2D eigenvalue weighted by molar-refractivity contribution is 5.24. The summed E-state index contributed by atoms with van der Waals surface area (Å²) >= 11 is 0. The molecule has 13 heavy (non-hydrogen) atoms. The molecule has 0 aromatic heterocycles. The van der Waals surface area contributed by atoms with Crippen molar-refractivity contribution in [2.75, 3.05) is 0 Å². The molecule has 0 radical (unpaired) electrons. The van der Waals surface area contributed by atoms with E-state index in [0.29, 0.717) is 12.8 Å². The Morgan fingerprint density at radius 2 is 1.92 bits per heavy atom. The minimum absolute atomic E-state index is 0.602. The summed E-state index contributed by atoms with van der Waals surface area (Å²) in [6.07, 6.45) is 1.66. The molecule has 2 atom stereocenters. The molecular weight excluding hydrogens is 164 g/mol. The van der Waals surface area contributed by atoms with E-state index in [9.17, 15) is 10.2 Å². The fourth-order valence-corrected chi connectivity index (χ4v) is 2.03. The summed E-state index contributed by atoms with van der Waals surface area (Å²) in [7, 11) is 0. The zero-order valence-electron chi connectivity index (χ0n) is 7.48. The van der Waals surface area contributed by atoms with Gasteiger partial charge in [0.1, 0.15) is 5.60 Å². The lowest BCUT2D eigenvalue weighted by Crippen LogP contribution is -2.34. The second-order valence-corrected chi connectivity index (χ2v) is 3.70. The first kappa shape index (κ1) is 8.73. The predicted molar refractivity (Wildman–Crippen MR) is 50.2 cm³/mol. The Morgan fingerprint density at radius 3 is 2.46 bits per heavy atom. The van der Waals surface area contributed by atoms with Gasteiger partial charge in [0, 0.05) is 0 Å². The van der Waals surface area contributed by atoms with Gasteiger partial charge in [-0.15, -0.1) is 0 Å². The van der Waals surface area contributed by atoms with Crippen LogP contribution in [0.1, 0.15) is 24.8 Å². The van der Waals surface area contributed by atoms with E-state index < -0.39 is 11.7 Å². The average Bonchev–Trinajstić information content (AvgIpc) is 2.50. The van der Waals surface area contributed by atoms with E-state index in [4.69, 9.17) is 0 Å². The van der Waals surface area contributed by atoms with Crippen molar-refractivity contribution in [3.63, 3.8) is 0 Å². The third kappa shape index (κ3) is 1.36. The maximum atomic E-state index is 10.2. The van der Waals surface area contributed by atoms with Crippen LogP contribution in [0.3, 0.4) is 0 Å². The first-order chi connectivity index (χ1) is 6.23. The van der Waals surface area contributed by atoms with Crippen molar-refractivity contribution >= 4 is 0 Å². The standard InChI is InChI=1S/C11H14O2/c12-10-7-4-8-11(10,13)9-5-2-1-3-6-9/h1-3,5-6,10,12-13H,4,7-8H2/t10-,11-/m0/s1. The predicted octanol–water partition coefficient (Wildman–Crippen LogP) is 1.42. The van der Waals surface area contributed by atoms with E-state index >= 15 is 0 Å². The van der Waals surface area contributed by atoms with Crippen molar-refractivity contribution in [2.45, 2.75) is 31.0 Å². The van der Waals surface area contributed by atoms with E-state index in [2.05, 4.69) is 0 Å². The molecule has 0 heterocycles. The van der Waals surface area contributed by atoms with Gasteiger partial charge in [-0.3, -0.25) is 0 Å². The summed E-state index contributed by atoms with van der Waals surface area (Å²) < 4.78 is 0. The normalized spacial score (nSPS) is 33.5. The first-order valence-electron chi connectivity index (χ1n) is 4.69. The van der Waals surface area contributed by atoms with Gasteiger partial charge in [0.05, 0.1) is 6.10 Å². The van der Waals surface area contributed by atoms with E-state index in [1.807, 2.05) is 30.3 Å². The van der Waals surface area contributed by atoms with Crippen LogP contribution in [0, 0.1) is 0 Å². The van der Waals surface area contributed by atoms with Crippen molar-refractivity contribution in [1.29, 1.82) is 0 Å². The molecule has 1 aromatic carbocycles. The quantitative estimate of drug-likeness (QED) is 0.682. The third-order valence-electron chi connectivity index (χ3n) is 2.86. The van der Waals surface area contributed by atoms with Gasteiger partial charge >= 0.3 is 0 Å². The van der Waals surface area contributed by atoms with Crippen LogP contribution in [0.5, 0.6) is 0 Å². The largest absolute Gasteiger partial charge is 0.390 e. The molecule has 0 aliphatic heterocycles. The first-order valence-corrected chi connectivity index (χ1v) is 4.69. The van der Waals surface area contributed by atoms with Crippen molar-refractivity contribution in [3.8, 4) is 0 Å². The lowest BCUT2D eigenvalue weighted by molar-refractivity contribution is -0.0579. The second kappa shape index (κ2) is 3.13. The summed E-state index contributed by atoms with van der Waals surface area (Å²) in [6, 6.07) is 9.42. The third-order valence-corrected chi connectivity index (χ3v) is 2.86. The van der Waals surface area contributed by atoms with Crippen LogP contribution in [0.25, 0.3) is 0 Å². The fourth-order valence-electron chi connectivity index (χ4n) is 2.03. The van der Waals surface area contributed by atoms with Crippen LogP contribution in [-0.4, -0.2) is 16.3 Å². The molecule has 1 aliphatic carbocycles. The Kier molecular flexibility index (Phi) is 2.10. The topological polar surface area (TPSA) is 40.5 Å². The van der Waals surface area contributed by atoms with E-state index in [1.54, 1.807) is 0 Å². The van der Waals surface area contributed by atoms with Gasteiger partial charge in [-0.05, 0) is 24.8 Å². The molecule has 0 unspecified atom stereocenters. The summed E-state index contributed by atoms with van der Waals surface area (Å²) in [6.45, 7) is 0. The highest BCUT2D eigenvalue weighted by Gasteiger charge is 2.41. The minimum Gasteiger partial charge on any atom is -0.390 e. The highest BCUT2D eigenvalue weighted by atomic mass is 16.3. The molecule has 2 N–H and O–H groups in total. The zero-order valence-corrected chi connectivity index (χ0v) is 7.48. The molecule has 70 valence electrons. The van der Waals surface area contributed by atoms with Crippen molar-refractivity contribution in [3.05, 3.63) is 35.9 Å². The van der Waals surface area contributed by atoms with Gasteiger partial charge < -0.3 is 10.2 Å². The Balaban J connectivity index is 2.34. The van der Waals surface area contributed by atoms with Crippen LogP contribution in [0.15, 0.2) is 30.3 Å². The zero-order chi connectivity index (χ0) is 9.31. The van der Waals surface area contributed by atoms with E-state index in [-0.39, 0.29) is 0 Å². The number of hydrogen-bond donors (Lipinski definition) is 2. The molecular formula is C11H14O2. The summed E-state index contributed by atoms with van der Waals surface area (Å²) in [5.74, 6) is 0. The summed E-state index contributed by atoms with van der Waals surface area (Å²) in [5, 5.41) is 19.8. The molecule has 1 aromatic rings. The molecule has 0 saturated heterocycles. The molecule has 0 amide bonds. The number of benzene rings is 1. The van der Waals surface area contributed by atoms with Crippen LogP contribution in [0.4, 0.5) is 0 Å². The Bertz CT molecular complexity index is 283. The molecule has 2 nitrogen and oxygen atoms in total. The number of hydrogen-bond acceptors (Lipinski definition) is 2. The van der Waals surface area contributed by atoms with Crippen molar-refractivity contribution in [2.24, 2.45) is 0 Å². The lowest BCUT2D eigenvalue weighted by atomic mass is 9.90. The van der Waals surface area contributed by atoms with Crippen molar-refractivity contribution in [1.82, 2.24) is 0 Å². The molecule has 1 fully saturated rings.